The maximum atomic E-state index is 12.3. The normalized spacial score (nSPS) is 10.9. The van der Waals surface area contributed by atoms with E-state index in [1.165, 1.54) is 6.07 Å². The van der Waals surface area contributed by atoms with Crippen molar-refractivity contribution >= 4 is 0 Å². The fourth-order valence-electron chi connectivity index (χ4n) is 2.80. The number of hydrogen-bond donors (Lipinski definition) is 0. The Morgan fingerprint density at radius 3 is 2.63 bits per heavy atom. The first-order valence-corrected chi connectivity index (χ1v) is 8.54. The molecule has 0 fully saturated rings. The molecule has 3 aromatic heterocycles. The van der Waals surface area contributed by atoms with Crippen molar-refractivity contribution in [2.24, 2.45) is 7.05 Å². The van der Waals surface area contributed by atoms with Gasteiger partial charge in [0, 0.05) is 43.7 Å². The van der Waals surface area contributed by atoms with Crippen LogP contribution in [0.3, 0.4) is 0 Å². The van der Waals surface area contributed by atoms with Crippen molar-refractivity contribution in [2.45, 2.75) is 13.3 Å². The summed E-state index contributed by atoms with van der Waals surface area (Å²) in [7, 11) is 1.84. The van der Waals surface area contributed by atoms with Gasteiger partial charge in [-0.25, -0.2) is 14.6 Å². The van der Waals surface area contributed by atoms with Crippen LogP contribution in [-0.2, 0) is 13.5 Å². The number of aromatic nitrogens is 6. The molecule has 0 aliphatic heterocycles. The maximum absolute atomic E-state index is 12.3. The molecule has 0 aliphatic rings. The number of rotatable bonds is 4. The highest BCUT2D eigenvalue weighted by Crippen LogP contribution is 2.17. The van der Waals surface area contributed by atoms with E-state index in [-0.39, 0.29) is 5.43 Å². The van der Waals surface area contributed by atoms with Crippen LogP contribution < -0.4 is 5.43 Å². The Hall–Kier alpha value is -3.61. The molecule has 4 aromatic rings. The minimum atomic E-state index is -0.0906. The summed E-state index contributed by atoms with van der Waals surface area (Å²) < 4.78 is 3.36. The number of aryl methyl sites for hydroxylation is 2. The van der Waals surface area contributed by atoms with Gasteiger partial charge in [0.15, 0.2) is 5.82 Å². The number of nitrogens with zero attached hydrogens (tertiary/aromatic N) is 6. The SMILES string of the molecule is Cc1cnc(-c2cccc(Cc3nn(-c4cnn(C)c4)ccc3=O)c2)nc1. The van der Waals surface area contributed by atoms with Crippen LogP contribution in [0.5, 0.6) is 0 Å². The Morgan fingerprint density at radius 1 is 1.07 bits per heavy atom. The van der Waals surface area contributed by atoms with Crippen LogP contribution in [0.15, 0.2) is 66.1 Å². The topological polar surface area (TPSA) is 78.5 Å². The molecule has 0 aliphatic carbocycles. The lowest BCUT2D eigenvalue weighted by molar-refractivity contribution is 0.762. The van der Waals surface area contributed by atoms with Crippen LogP contribution in [-0.4, -0.2) is 29.5 Å². The largest absolute Gasteiger partial charge is 0.288 e. The van der Waals surface area contributed by atoms with Crippen molar-refractivity contribution in [3.05, 3.63) is 88.4 Å². The molecular formula is C20H18N6O. The van der Waals surface area contributed by atoms with Gasteiger partial charge in [0.1, 0.15) is 11.4 Å². The molecule has 0 saturated carbocycles. The average molecular weight is 358 g/mol. The molecule has 0 unspecified atom stereocenters. The van der Waals surface area contributed by atoms with Gasteiger partial charge in [-0.2, -0.15) is 10.2 Å². The van der Waals surface area contributed by atoms with Crippen molar-refractivity contribution in [1.29, 1.82) is 0 Å². The second-order valence-corrected chi connectivity index (χ2v) is 6.40. The zero-order valence-electron chi connectivity index (χ0n) is 15.1. The van der Waals surface area contributed by atoms with Gasteiger partial charge in [-0.1, -0.05) is 18.2 Å². The predicted molar refractivity (Wildman–Crippen MR) is 102 cm³/mol. The molecule has 0 N–H and O–H groups in total. The maximum Gasteiger partial charge on any atom is 0.203 e. The van der Waals surface area contributed by atoms with Crippen molar-refractivity contribution in [3.63, 3.8) is 0 Å². The smallest absolute Gasteiger partial charge is 0.203 e. The summed E-state index contributed by atoms with van der Waals surface area (Å²) in [6.07, 6.45) is 9.22. The van der Waals surface area contributed by atoms with Crippen LogP contribution in [0.2, 0.25) is 0 Å². The van der Waals surface area contributed by atoms with E-state index in [0.29, 0.717) is 17.9 Å². The molecule has 0 bridgehead atoms. The van der Waals surface area contributed by atoms with Gasteiger partial charge >= 0.3 is 0 Å². The molecule has 4 rings (SSSR count). The van der Waals surface area contributed by atoms with Gasteiger partial charge in [0.25, 0.3) is 0 Å². The van der Waals surface area contributed by atoms with Gasteiger partial charge in [-0.15, -0.1) is 0 Å². The molecule has 1 aromatic carbocycles. The van der Waals surface area contributed by atoms with Gasteiger partial charge in [-0.05, 0) is 24.1 Å². The van der Waals surface area contributed by atoms with E-state index < -0.39 is 0 Å². The molecule has 7 nitrogen and oxygen atoms in total. The highest BCUT2D eigenvalue weighted by molar-refractivity contribution is 5.56. The summed E-state index contributed by atoms with van der Waals surface area (Å²) in [4.78, 5) is 21.0. The van der Waals surface area contributed by atoms with Crippen LogP contribution in [0.4, 0.5) is 0 Å². The third-order valence-electron chi connectivity index (χ3n) is 4.17. The monoisotopic (exact) mass is 358 g/mol. The summed E-state index contributed by atoms with van der Waals surface area (Å²) in [5, 5.41) is 8.63. The molecule has 134 valence electrons. The summed E-state index contributed by atoms with van der Waals surface area (Å²) in [6, 6.07) is 9.40. The zero-order valence-corrected chi connectivity index (χ0v) is 15.1. The molecule has 0 amide bonds. The summed E-state index contributed by atoms with van der Waals surface area (Å²) in [6.45, 7) is 1.95. The lowest BCUT2D eigenvalue weighted by Gasteiger charge is -2.07. The predicted octanol–water partition coefficient (Wildman–Crippen LogP) is 2.32. The van der Waals surface area contributed by atoms with Gasteiger partial charge in [-0.3, -0.25) is 9.48 Å². The van der Waals surface area contributed by atoms with E-state index in [0.717, 1.165) is 22.4 Å². The van der Waals surface area contributed by atoms with Crippen LogP contribution >= 0.6 is 0 Å². The van der Waals surface area contributed by atoms with E-state index in [9.17, 15) is 4.79 Å². The first kappa shape index (κ1) is 16.8. The highest BCUT2D eigenvalue weighted by atomic mass is 16.1. The summed E-state index contributed by atoms with van der Waals surface area (Å²) in [5.41, 5.74) is 4.09. The van der Waals surface area contributed by atoms with Crippen molar-refractivity contribution < 1.29 is 0 Å². The molecule has 0 spiro atoms. The zero-order chi connectivity index (χ0) is 18.8. The highest BCUT2D eigenvalue weighted by Gasteiger charge is 2.08. The van der Waals surface area contributed by atoms with Crippen LogP contribution in [0.1, 0.15) is 16.8 Å². The Kier molecular flexibility index (Phi) is 4.33. The van der Waals surface area contributed by atoms with Gasteiger partial charge in [0.2, 0.25) is 5.43 Å². The van der Waals surface area contributed by atoms with Crippen molar-refractivity contribution in [1.82, 2.24) is 29.5 Å². The molecule has 7 heteroatoms. The fraction of sp³-hybridized carbons (Fsp3) is 0.150. The van der Waals surface area contributed by atoms with Crippen molar-refractivity contribution in [2.75, 3.05) is 0 Å². The third-order valence-corrected chi connectivity index (χ3v) is 4.17. The molecule has 0 atom stereocenters. The quantitative estimate of drug-likeness (QED) is 0.559. The molecule has 27 heavy (non-hydrogen) atoms. The Labute approximate surface area is 156 Å². The van der Waals surface area contributed by atoms with E-state index >= 15 is 0 Å². The Bertz CT molecular complexity index is 1140. The standard InChI is InChI=1S/C20H18N6O/c1-14-10-21-20(22-11-14)16-5-3-4-15(8-16)9-18-19(27)6-7-26(24-18)17-12-23-25(2)13-17/h3-8,10-13H,9H2,1-2H3. The first-order valence-electron chi connectivity index (χ1n) is 8.54. The van der Waals surface area contributed by atoms with Crippen LogP contribution in [0.25, 0.3) is 17.1 Å². The third kappa shape index (κ3) is 3.67. The lowest BCUT2D eigenvalue weighted by atomic mass is 10.1. The second-order valence-electron chi connectivity index (χ2n) is 6.40. The van der Waals surface area contributed by atoms with E-state index in [1.807, 2.05) is 44.4 Å². The Morgan fingerprint density at radius 2 is 1.89 bits per heavy atom. The minimum Gasteiger partial charge on any atom is -0.288 e. The Balaban J connectivity index is 1.65. The van der Waals surface area contributed by atoms with Crippen molar-refractivity contribution in [3.8, 4) is 17.1 Å². The molecular weight excluding hydrogens is 340 g/mol. The molecule has 3 heterocycles. The summed E-state index contributed by atoms with van der Waals surface area (Å²) in [5.74, 6) is 0.663. The van der Waals surface area contributed by atoms with E-state index in [4.69, 9.17) is 0 Å². The fourth-order valence-corrected chi connectivity index (χ4v) is 2.80. The minimum absolute atomic E-state index is 0.0906. The lowest BCUT2D eigenvalue weighted by Crippen LogP contribution is -2.16. The first-order chi connectivity index (χ1) is 13.1. The molecule has 0 radical (unpaired) electrons. The molecule has 0 saturated heterocycles. The van der Waals surface area contributed by atoms with Gasteiger partial charge < -0.3 is 0 Å². The summed E-state index contributed by atoms with van der Waals surface area (Å²) >= 11 is 0. The van der Waals surface area contributed by atoms with Crippen LogP contribution in [0, 0.1) is 6.92 Å². The van der Waals surface area contributed by atoms with E-state index in [1.54, 1.807) is 34.2 Å². The average Bonchev–Trinajstić information content (AvgIpc) is 3.11. The van der Waals surface area contributed by atoms with E-state index in [2.05, 4.69) is 20.2 Å². The number of benzene rings is 1. The number of hydrogen-bond acceptors (Lipinski definition) is 5. The second kappa shape index (κ2) is 6.95. The van der Waals surface area contributed by atoms with Gasteiger partial charge in [0.05, 0.1) is 12.4 Å².